The molecular formula is C22H24N4O2. The summed E-state index contributed by atoms with van der Waals surface area (Å²) in [5.41, 5.74) is 2.82. The summed E-state index contributed by atoms with van der Waals surface area (Å²) in [5, 5.41) is 2.85. The maximum atomic E-state index is 12.1. The maximum Gasteiger partial charge on any atom is 0.248 e. The molecule has 0 fully saturated rings. The molecule has 0 bridgehead atoms. The number of carbonyl (C=O) groups is 1. The molecule has 2 aromatic carbocycles. The van der Waals surface area contributed by atoms with Gasteiger partial charge in [-0.25, -0.2) is 4.98 Å². The summed E-state index contributed by atoms with van der Waals surface area (Å²) in [7, 11) is 3.99. The van der Waals surface area contributed by atoms with Crippen LogP contribution < -0.4 is 15.0 Å². The third kappa shape index (κ3) is 5.74. The number of rotatable bonds is 8. The topological polar surface area (TPSA) is 59.4 Å². The van der Waals surface area contributed by atoms with Crippen LogP contribution in [0, 0.1) is 0 Å². The van der Waals surface area contributed by atoms with Crippen LogP contribution in [0.25, 0.3) is 6.08 Å². The fourth-order valence-corrected chi connectivity index (χ4v) is 2.56. The average Bonchev–Trinajstić information content (AvgIpc) is 3.21. The van der Waals surface area contributed by atoms with Crippen LogP contribution in [0.5, 0.6) is 5.75 Å². The van der Waals surface area contributed by atoms with Crippen LogP contribution in [-0.2, 0) is 11.3 Å². The van der Waals surface area contributed by atoms with Crippen molar-refractivity contribution in [2.75, 3.05) is 30.9 Å². The van der Waals surface area contributed by atoms with Gasteiger partial charge in [0.1, 0.15) is 12.4 Å². The smallest absolute Gasteiger partial charge is 0.248 e. The first-order valence-corrected chi connectivity index (χ1v) is 9.05. The van der Waals surface area contributed by atoms with E-state index < -0.39 is 0 Å². The van der Waals surface area contributed by atoms with Crippen LogP contribution in [0.3, 0.4) is 0 Å². The highest BCUT2D eigenvalue weighted by atomic mass is 16.5. The van der Waals surface area contributed by atoms with E-state index in [1.165, 1.54) is 6.08 Å². The van der Waals surface area contributed by atoms with Gasteiger partial charge >= 0.3 is 0 Å². The summed E-state index contributed by atoms with van der Waals surface area (Å²) in [4.78, 5) is 18.1. The van der Waals surface area contributed by atoms with Crippen LogP contribution in [0.1, 0.15) is 5.56 Å². The Hall–Kier alpha value is -3.54. The number of nitrogens with one attached hydrogen (secondary N) is 1. The molecule has 1 aromatic heterocycles. The zero-order valence-corrected chi connectivity index (χ0v) is 16.1. The van der Waals surface area contributed by atoms with Crippen molar-refractivity contribution in [3.63, 3.8) is 0 Å². The number of amides is 1. The molecule has 0 aliphatic heterocycles. The standard InChI is InChI=1S/C22H24N4O2/c1-25(2)20-8-3-18(4-9-20)5-12-22(27)24-19-6-10-21(11-7-19)28-16-15-26-14-13-23-17-26/h3-14,17H,15-16H2,1-2H3,(H,24,27)/b12-5+. The minimum absolute atomic E-state index is 0.175. The van der Waals surface area contributed by atoms with Gasteiger partial charge in [-0.15, -0.1) is 0 Å². The highest BCUT2D eigenvalue weighted by Gasteiger charge is 2.00. The molecule has 1 amide bonds. The van der Waals surface area contributed by atoms with E-state index in [0.717, 1.165) is 29.2 Å². The normalized spacial score (nSPS) is 10.8. The van der Waals surface area contributed by atoms with Crippen molar-refractivity contribution in [1.82, 2.24) is 9.55 Å². The van der Waals surface area contributed by atoms with Gasteiger partial charge in [0.25, 0.3) is 0 Å². The highest BCUT2D eigenvalue weighted by molar-refractivity contribution is 6.01. The van der Waals surface area contributed by atoms with Crippen molar-refractivity contribution in [2.24, 2.45) is 0 Å². The van der Waals surface area contributed by atoms with Crippen molar-refractivity contribution in [3.8, 4) is 5.75 Å². The van der Waals surface area contributed by atoms with Gasteiger partial charge in [-0.1, -0.05) is 12.1 Å². The largest absolute Gasteiger partial charge is 0.492 e. The van der Waals surface area contributed by atoms with Crippen LogP contribution in [0.4, 0.5) is 11.4 Å². The molecule has 0 radical (unpaired) electrons. The first-order valence-electron chi connectivity index (χ1n) is 9.05. The molecule has 28 heavy (non-hydrogen) atoms. The van der Waals surface area contributed by atoms with Gasteiger partial charge in [-0.2, -0.15) is 0 Å². The predicted molar refractivity (Wildman–Crippen MR) is 113 cm³/mol. The minimum Gasteiger partial charge on any atom is -0.492 e. The number of hydrogen-bond acceptors (Lipinski definition) is 4. The van der Waals surface area contributed by atoms with Crippen molar-refractivity contribution >= 4 is 23.4 Å². The summed E-state index contributed by atoms with van der Waals surface area (Å²) in [6.45, 7) is 1.29. The molecular weight excluding hydrogens is 352 g/mol. The van der Waals surface area contributed by atoms with Crippen LogP contribution >= 0.6 is 0 Å². The van der Waals surface area contributed by atoms with Crippen molar-refractivity contribution in [1.29, 1.82) is 0 Å². The molecule has 6 heteroatoms. The Morgan fingerprint density at radius 1 is 1.14 bits per heavy atom. The van der Waals surface area contributed by atoms with Crippen LogP contribution in [-0.4, -0.2) is 36.2 Å². The average molecular weight is 376 g/mol. The predicted octanol–water partition coefficient (Wildman–Crippen LogP) is 3.68. The first-order chi connectivity index (χ1) is 13.6. The Morgan fingerprint density at radius 2 is 1.89 bits per heavy atom. The van der Waals surface area contributed by atoms with E-state index in [4.69, 9.17) is 4.74 Å². The molecule has 3 rings (SSSR count). The molecule has 0 unspecified atom stereocenters. The van der Waals surface area contributed by atoms with Gasteiger partial charge in [-0.05, 0) is 48.0 Å². The fourth-order valence-electron chi connectivity index (χ4n) is 2.56. The Balaban J connectivity index is 1.47. The Kier molecular flexibility index (Phi) is 6.46. The fraction of sp³-hybridized carbons (Fsp3) is 0.182. The van der Waals surface area contributed by atoms with Crippen molar-refractivity contribution in [2.45, 2.75) is 6.54 Å². The number of hydrogen-bond donors (Lipinski definition) is 1. The molecule has 6 nitrogen and oxygen atoms in total. The molecule has 1 N–H and O–H groups in total. The van der Waals surface area contributed by atoms with E-state index in [9.17, 15) is 4.79 Å². The Morgan fingerprint density at radius 3 is 2.54 bits per heavy atom. The lowest BCUT2D eigenvalue weighted by atomic mass is 10.2. The first kappa shape index (κ1) is 19.2. The monoisotopic (exact) mass is 376 g/mol. The molecule has 0 spiro atoms. The van der Waals surface area contributed by atoms with Gasteiger partial charge < -0.3 is 19.5 Å². The summed E-state index contributed by atoms with van der Waals surface area (Å²) >= 11 is 0. The minimum atomic E-state index is -0.175. The lowest BCUT2D eigenvalue weighted by Gasteiger charge is -2.11. The summed E-state index contributed by atoms with van der Waals surface area (Å²) < 4.78 is 7.65. The highest BCUT2D eigenvalue weighted by Crippen LogP contribution is 2.16. The second-order valence-electron chi connectivity index (χ2n) is 6.48. The number of imidazole rings is 1. The SMILES string of the molecule is CN(C)c1ccc(/C=C/C(=O)Nc2ccc(OCCn3ccnc3)cc2)cc1. The molecule has 0 saturated carbocycles. The van der Waals surface area contributed by atoms with Gasteiger partial charge in [-0.3, -0.25) is 4.79 Å². The number of ether oxygens (including phenoxy) is 1. The zero-order valence-electron chi connectivity index (χ0n) is 16.1. The number of anilines is 2. The van der Waals surface area contributed by atoms with E-state index in [0.29, 0.717) is 6.61 Å². The number of benzene rings is 2. The molecule has 144 valence electrons. The number of nitrogens with zero attached hydrogens (tertiary/aromatic N) is 3. The molecule has 3 aromatic rings. The van der Waals surface area contributed by atoms with E-state index in [2.05, 4.69) is 10.3 Å². The van der Waals surface area contributed by atoms with Crippen molar-refractivity contribution in [3.05, 3.63) is 78.9 Å². The third-order valence-corrected chi connectivity index (χ3v) is 4.14. The Bertz CT molecular complexity index is 899. The number of aromatic nitrogens is 2. The van der Waals surface area contributed by atoms with Crippen LogP contribution in [0.2, 0.25) is 0 Å². The van der Waals surface area contributed by atoms with Gasteiger partial charge in [0.15, 0.2) is 0 Å². The van der Waals surface area contributed by atoms with Gasteiger partial charge in [0, 0.05) is 43.9 Å². The lowest BCUT2D eigenvalue weighted by molar-refractivity contribution is -0.111. The van der Waals surface area contributed by atoms with E-state index >= 15 is 0 Å². The van der Waals surface area contributed by atoms with E-state index in [-0.39, 0.29) is 5.91 Å². The number of carbonyl (C=O) groups excluding carboxylic acids is 1. The maximum absolute atomic E-state index is 12.1. The summed E-state index contributed by atoms with van der Waals surface area (Å²) in [6.07, 6.45) is 8.71. The quantitative estimate of drug-likeness (QED) is 0.609. The zero-order chi connectivity index (χ0) is 19.8. The third-order valence-electron chi connectivity index (χ3n) is 4.14. The molecule has 0 aliphatic carbocycles. The lowest BCUT2D eigenvalue weighted by Crippen LogP contribution is -2.08. The van der Waals surface area contributed by atoms with E-state index in [1.54, 1.807) is 18.6 Å². The Labute approximate surface area is 165 Å². The molecule has 0 aliphatic rings. The van der Waals surface area contributed by atoms with Gasteiger partial charge in [0.05, 0.1) is 12.9 Å². The van der Waals surface area contributed by atoms with Crippen LogP contribution in [0.15, 0.2) is 73.3 Å². The summed E-state index contributed by atoms with van der Waals surface area (Å²) in [5.74, 6) is 0.583. The van der Waals surface area contributed by atoms with Crippen molar-refractivity contribution < 1.29 is 9.53 Å². The molecule has 1 heterocycles. The van der Waals surface area contributed by atoms with Gasteiger partial charge in [0.2, 0.25) is 5.91 Å². The molecule has 0 saturated heterocycles. The molecule has 0 atom stereocenters. The second kappa shape index (κ2) is 9.41. The summed E-state index contributed by atoms with van der Waals surface area (Å²) in [6, 6.07) is 15.3. The second-order valence-corrected chi connectivity index (χ2v) is 6.48. The van der Waals surface area contributed by atoms with E-state index in [1.807, 2.05) is 78.3 Å².